The SMILES string of the molecule is CN(C)C(=O)N1CCC(C(=O)N2CCNCC2c2cccnc2)CC1. The van der Waals surface area contributed by atoms with Crippen molar-refractivity contribution in [2.45, 2.75) is 18.9 Å². The molecule has 0 aliphatic carbocycles. The van der Waals surface area contributed by atoms with Crippen LogP contribution in [0.15, 0.2) is 24.5 Å². The summed E-state index contributed by atoms with van der Waals surface area (Å²) in [7, 11) is 3.53. The number of likely N-dealkylation sites (tertiary alicyclic amines) is 1. The van der Waals surface area contributed by atoms with Crippen molar-refractivity contribution in [2.75, 3.05) is 46.8 Å². The first-order valence-corrected chi connectivity index (χ1v) is 8.95. The Hall–Kier alpha value is -2.15. The first kappa shape index (κ1) is 17.7. The first-order valence-electron chi connectivity index (χ1n) is 8.95. The van der Waals surface area contributed by atoms with Gasteiger partial charge >= 0.3 is 6.03 Å². The Morgan fingerprint density at radius 1 is 1.24 bits per heavy atom. The molecule has 2 saturated heterocycles. The van der Waals surface area contributed by atoms with E-state index in [1.54, 1.807) is 25.2 Å². The summed E-state index contributed by atoms with van der Waals surface area (Å²) in [6.45, 7) is 3.60. The number of aromatic nitrogens is 1. The van der Waals surface area contributed by atoms with E-state index in [9.17, 15) is 9.59 Å². The van der Waals surface area contributed by atoms with Crippen molar-refractivity contribution < 1.29 is 9.59 Å². The number of rotatable bonds is 2. The molecule has 25 heavy (non-hydrogen) atoms. The second-order valence-corrected chi connectivity index (χ2v) is 6.98. The van der Waals surface area contributed by atoms with Crippen LogP contribution in [0.5, 0.6) is 0 Å². The Morgan fingerprint density at radius 2 is 2.00 bits per heavy atom. The molecule has 2 fully saturated rings. The summed E-state index contributed by atoms with van der Waals surface area (Å²) in [4.78, 5) is 34.8. The van der Waals surface area contributed by atoms with Crippen molar-refractivity contribution in [1.82, 2.24) is 25.0 Å². The summed E-state index contributed by atoms with van der Waals surface area (Å²) in [5, 5.41) is 3.38. The van der Waals surface area contributed by atoms with E-state index in [1.807, 2.05) is 28.1 Å². The summed E-state index contributed by atoms with van der Waals surface area (Å²) in [5.74, 6) is 0.218. The van der Waals surface area contributed by atoms with E-state index >= 15 is 0 Å². The molecule has 3 amide bonds. The molecule has 7 heteroatoms. The van der Waals surface area contributed by atoms with Gasteiger partial charge in [-0.05, 0) is 24.5 Å². The summed E-state index contributed by atoms with van der Waals surface area (Å²) >= 11 is 0. The van der Waals surface area contributed by atoms with Crippen molar-refractivity contribution in [3.8, 4) is 0 Å². The molecule has 0 bridgehead atoms. The minimum absolute atomic E-state index is 0.00323. The number of hydrogen-bond donors (Lipinski definition) is 1. The zero-order valence-electron chi connectivity index (χ0n) is 15.0. The largest absolute Gasteiger partial charge is 0.333 e. The number of nitrogens with one attached hydrogen (secondary N) is 1. The second-order valence-electron chi connectivity index (χ2n) is 6.98. The highest BCUT2D eigenvalue weighted by molar-refractivity contribution is 5.80. The van der Waals surface area contributed by atoms with Crippen LogP contribution in [0.3, 0.4) is 0 Å². The maximum atomic E-state index is 13.1. The molecule has 3 heterocycles. The van der Waals surface area contributed by atoms with Crippen LogP contribution in [0.25, 0.3) is 0 Å². The molecule has 1 unspecified atom stereocenters. The van der Waals surface area contributed by atoms with Crippen LogP contribution in [0.1, 0.15) is 24.4 Å². The number of piperidine rings is 1. The van der Waals surface area contributed by atoms with Gasteiger partial charge in [0.1, 0.15) is 0 Å². The fourth-order valence-electron chi connectivity index (χ4n) is 3.67. The molecular formula is C18H27N5O2. The zero-order chi connectivity index (χ0) is 17.8. The average molecular weight is 345 g/mol. The van der Waals surface area contributed by atoms with E-state index in [-0.39, 0.29) is 23.9 Å². The lowest BCUT2D eigenvalue weighted by Gasteiger charge is -2.40. The molecule has 1 aromatic rings. The van der Waals surface area contributed by atoms with Gasteiger partial charge in [-0.15, -0.1) is 0 Å². The third kappa shape index (κ3) is 3.92. The summed E-state index contributed by atoms with van der Waals surface area (Å²) in [6, 6.07) is 4.01. The lowest BCUT2D eigenvalue weighted by molar-refractivity contribution is -0.140. The first-order chi connectivity index (χ1) is 12.1. The van der Waals surface area contributed by atoms with Crippen LogP contribution in [-0.2, 0) is 4.79 Å². The molecule has 7 nitrogen and oxygen atoms in total. The van der Waals surface area contributed by atoms with Gasteiger partial charge in [0.2, 0.25) is 5.91 Å². The highest BCUT2D eigenvalue weighted by Gasteiger charge is 2.35. The van der Waals surface area contributed by atoms with Gasteiger partial charge in [-0.1, -0.05) is 6.07 Å². The molecule has 3 rings (SSSR count). The van der Waals surface area contributed by atoms with E-state index in [2.05, 4.69) is 10.3 Å². The Labute approximate surface area is 149 Å². The lowest BCUT2D eigenvalue weighted by Crippen LogP contribution is -2.52. The molecule has 136 valence electrons. The van der Waals surface area contributed by atoms with Gasteiger partial charge in [-0.25, -0.2) is 4.79 Å². The maximum Gasteiger partial charge on any atom is 0.319 e. The topological polar surface area (TPSA) is 68.8 Å². The normalized spacial score (nSPS) is 21.9. The number of carbonyl (C=O) groups is 2. The van der Waals surface area contributed by atoms with Crippen LogP contribution in [0.2, 0.25) is 0 Å². The highest BCUT2D eigenvalue weighted by Crippen LogP contribution is 2.27. The highest BCUT2D eigenvalue weighted by atomic mass is 16.2. The van der Waals surface area contributed by atoms with Crippen LogP contribution in [0.4, 0.5) is 4.79 Å². The van der Waals surface area contributed by atoms with E-state index in [1.165, 1.54) is 0 Å². The van der Waals surface area contributed by atoms with E-state index in [0.29, 0.717) is 13.1 Å². The summed E-state index contributed by atoms with van der Waals surface area (Å²) in [6.07, 6.45) is 5.07. The second kappa shape index (κ2) is 7.82. The van der Waals surface area contributed by atoms with Crippen molar-refractivity contribution in [3.05, 3.63) is 30.1 Å². The smallest absolute Gasteiger partial charge is 0.319 e. The van der Waals surface area contributed by atoms with Crippen molar-refractivity contribution >= 4 is 11.9 Å². The standard InChI is InChI=1S/C18H27N5O2/c1-21(2)18(25)22-9-5-14(6-10-22)17(24)23-11-8-20-13-16(23)15-4-3-7-19-12-15/h3-4,7,12,14,16,20H,5-6,8-11,13H2,1-2H3. The predicted octanol–water partition coefficient (Wildman–Crippen LogP) is 0.948. The van der Waals surface area contributed by atoms with Gasteiger partial charge in [0.05, 0.1) is 6.04 Å². The van der Waals surface area contributed by atoms with Crippen LogP contribution in [0, 0.1) is 5.92 Å². The van der Waals surface area contributed by atoms with Crippen molar-refractivity contribution in [3.63, 3.8) is 0 Å². The van der Waals surface area contributed by atoms with E-state index < -0.39 is 0 Å². The maximum absolute atomic E-state index is 13.1. The molecule has 0 spiro atoms. The molecule has 1 aromatic heterocycles. The molecule has 0 aromatic carbocycles. The summed E-state index contributed by atoms with van der Waals surface area (Å²) < 4.78 is 0. The van der Waals surface area contributed by atoms with Gasteiger partial charge in [-0.2, -0.15) is 0 Å². The average Bonchev–Trinajstić information content (AvgIpc) is 2.67. The van der Waals surface area contributed by atoms with E-state index in [4.69, 9.17) is 0 Å². The van der Waals surface area contributed by atoms with E-state index in [0.717, 1.165) is 38.0 Å². The number of pyridine rings is 1. The van der Waals surface area contributed by atoms with Crippen molar-refractivity contribution in [2.24, 2.45) is 5.92 Å². The molecule has 2 aliphatic heterocycles. The zero-order valence-corrected chi connectivity index (χ0v) is 15.0. The lowest BCUT2D eigenvalue weighted by atomic mass is 9.93. The number of carbonyl (C=O) groups excluding carboxylic acids is 2. The number of nitrogens with zero attached hydrogens (tertiary/aromatic N) is 4. The van der Waals surface area contributed by atoms with Gasteiger partial charge in [0.15, 0.2) is 0 Å². The molecule has 1 N–H and O–H groups in total. The Bertz CT molecular complexity index is 599. The number of urea groups is 1. The Morgan fingerprint density at radius 3 is 2.64 bits per heavy atom. The fraction of sp³-hybridized carbons (Fsp3) is 0.611. The van der Waals surface area contributed by atoms with Gasteiger partial charge in [0, 0.05) is 65.1 Å². The fourth-order valence-corrected chi connectivity index (χ4v) is 3.67. The van der Waals surface area contributed by atoms with Gasteiger partial charge < -0.3 is 20.0 Å². The summed E-state index contributed by atoms with van der Waals surface area (Å²) in [5.41, 5.74) is 1.07. The number of piperazine rings is 1. The third-order valence-corrected chi connectivity index (χ3v) is 5.09. The van der Waals surface area contributed by atoms with Gasteiger partial charge in [0.25, 0.3) is 0 Å². The Kier molecular flexibility index (Phi) is 5.53. The van der Waals surface area contributed by atoms with Crippen LogP contribution in [-0.4, -0.2) is 78.4 Å². The number of hydrogen-bond acceptors (Lipinski definition) is 4. The van der Waals surface area contributed by atoms with Crippen molar-refractivity contribution in [1.29, 1.82) is 0 Å². The predicted molar refractivity (Wildman–Crippen MR) is 94.9 cm³/mol. The molecule has 1 atom stereocenters. The third-order valence-electron chi connectivity index (χ3n) is 5.09. The quantitative estimate of drug-likeness (QED) is 0.866. The minimum Gasteiger partial charge on any atom is -0.333 e. The Balaban J connectivity index is 1.65. The molecular weight excluding hydrogens is 318 g/mol. The van der Waals surface area contributed by atoms with Crippen LogP contribution >= 0.6 is 0 Å². The molecule has 0 saturated carbocycles. The van der Waals surface area contributed by atoms with Gasteiger partial charge in [-0.3, -0.25) is 9.78 Å². The monoisotopic (exact) mass is 345 g/mol. The van der Waals surface area contributed by atoms with Crippen LogP contribution < -0.4 is 5.32 Å². The minimum atomic E-state index is 0.00323. The number of amides is 3. The molecule has 2 aliphatic rings. The molecule has 0 radical (unpaired) electrons.